The van der Waals surface area contributed by atoms with Gasteiger partial charge in [0.1, 0.15) is 0 Å². The van der Waals surface area contributed by atoms with Crippen LogP contribution in [-0.2, 0) is 19.2 Å². The number of fused-ring (bicyclic) bond motifs is 3. The average Bonchev–Trinajstić information content (AvgIpc) is 3.21. The van der Waals surface area contributed by atoms with Crippen LogP contribution in [0.3, 0.4) is 0 Å². The van der Waals surface area contributed by atoms with Crippen molar-refractivity contribution in [1.29, 1.82) is 0 Å². The minimum absolute atomic E-state index is 0.102. The summed E-state index contributed by atoms with van der Waals surface area (Å²) in [4.78, 5) is 55.5. The Morgan fingerprint density at radius 3 is 2.49 bits per heavy atom. The monoisotopic (exact) mass is 681 g/mol. The lowest BCUT2D eigenvalue weighted by molar-refractivity contribution is -0.123. The average molecular weight is 683 g/mol. The van der Waals surface area contributed by atoms with Gasteiger partial charge in [-0.1, -0.05) is 23.8 Å². The summed E-state index contributed by atoms with van der Waals surface area (Å²) in [6.45, 7) is 0. The molecule has 9 nitrogen and oxygen atoms in total. The van der Waals surface area contributed by atoms with Crippen LogP contribution in [0, 0.1) is 17.8 Å². The van der Waals surface area contributed by atoms with Gasteiger partial charge in [0.25, 0.3) is 0 Å². The molecule has 208 valence electrons. The maximum absolute atomic E-state index is 14.0. The largest absolute Gasteiger partial charge is 0.503 e. The molecule has 1 fully saturated rings. The number of phenolic OH excluding ortho intramolecular Hbond substituents is 1. The Kier molecular flexibility index (Phi) is 6.92. The molecule has 1 aliphatic heterocycles. The molecule has 2 aromatic rings. The third-order valence-corrected chi connectivity index (χ3v) is 9.56. The Balaban J connectivity index is 1.49. The Bertz CT molecular complexity index is 1660. The van der Waals surface area contributed by atoms with Crippen molar-refractivity contribution in [3.05, 3.63) is 79.8 Å². The lowest BCUT2D eigenvalue weighted by Gasteiger charge is -2.42. The fraction of sp³-hybridized carbons (Fsp3) is 0.241. The molecule has 0 bridgehead atoms. The number of imide groups is 1. The zero-order valence-corrected chi connectivity index (χ0v) is 24.7. The molecular formula is C29H22BBr2NO8. The smallest absolute Gasteiger partial charge is 0.488 e. The Morgan fingerprint density at radius 2 is 1.78 bits per heavy atom. The van der Waals surface area contributed by atoms with E-state index in [1.54, 1.807) is 18.2 Å². The second-order valence-corrected chi connectivity index (χ2v) is 12.1. The van der Waals surface area contributed by atoms with E-state index in [9.17, 15) is 34.3 Å². The quantitative estimate of drug-likeness (QED) is 0.194. The van der Waals surface area contributed by atoms with Crippen LogP contribution in [0.5, 0.6) is 11.5 Å². The lowest BCUT2D eigenvalue weighted by atomic mass is 9.59. The first-order chi connectivity index (χ1) is 19.5. The maximum atomic E-state index is 14.0. The number of halogens is 2. The van der Waals surface area contributed by atoms with Crippen molar-refractivity contribution >= 4 is 73.5 Å². The number of carbonyl (C=O) groups excluding carboxylic acids is 4. The summed E-state index contributed by atoms with van der Waals surface area (Å²) in [5, 5.41) is 29.7. The van der Waals surface area contributed by atoms with Gasteiger partial charge in [-0.15, -0.1) is 0 Å². The predicted molar refractivity (Wildman–Crippen MR) is 156 cm³/mol. The van der Waals surface area contributed by atoms with E-state index in [4.69, 9.17) is 4.74 Å². The first kappa shape index (κ1) is 27.8. The number of phenols is 1. The highest BCUT2D eigenvalue weighted by Crippen LogP contribution is 2.56. The minimum atomic E-state index is -1.77. The predicted octanol–water partition coefficient (Wildman–Crippen LogP) is 2.81. The number of ketones is 2. The SMILES string of the molecule is COc1cc(C2C3=CCC4C(=O)N(c5cccc(B(O)O)c5)C(=O)C4C3CC3=C2C(=O)C=C(Br)C3=O)cc(Br)c1O. The number of benzene rings is 2. The number of allylic oxidation sites excluding steroid dienone is 6. The molecule has 6 rings (SSSR count). The van der Waals surface area contributed by atoms with E-state index in [0.29, 0.717) is 15.6 Å². The van der Waals surface area contributed by atoms with Gasteiger partial charge in [-0.05, 0) is 85.9 Å². The van der Waals surface area contributed by atoms with E-state index in [1.807, 2.05) is 6.08 Å². The molecule has 4 aliphatic rings. The molecule has 4 atom stereocenters. The summed E-state index contributed by atoms with van der Waals surface area (Å²) in [5.41, 5.74) is 2.29. The molecule has 0 saturated carbocycles. The van der Waals surface area contributed by atoms with Gasteiger partial charge in [-0.2, -0.15) is 0 Å². The van der Waals surface area contributed by atoms with Crippen LogP contribution in [-0.4, -0.2) is 52.8 Å². The number of hydrogen-bond donors (Lipinski definition) is 3. The van der Waals surface area contributed by atoms with Gasteiger partial charge in [-0.3, -0.25) is 24.1 Å². The van der Waals surface area contributed by atoms with Gasteiger partial charge in [-0.25, -0.2) is 0 Å². The van der Waals surface area contributed by atoms with E-state index in [1.165, 1.54) is 31.4 Å². The molecule has 0 radical (unpaired) electrons. The van der Waals surface area contributed by atoms with Crippen LogP contribution in [0.4, 0.5) is 5.69 Å². The molecule has 41 heavy (non-hydrogen) atoms. The van der Waals surface area contributed by atoms with Crippen molar-refractivity contribution in [1.82, 2.24) is 0 Å². The number of aromatic hydroxyl groups is 1. The number of hydrogen-bond acceptors (Lipinski definition) is 8. The summed E-state index contributed by atoms with van der Waals surface area (Å²) in [7, 11) is -0.368. The molecule has 1 heterocycles. The molecule has 12 heteroatoms. The normalized spacial score (nSPS) is 25.4. The van der Waals surface area contributed by atoms with Crippen LogP contribution in [0.2, 0.25) is 0 Å². The number of rotatable bonds is 4. The highest BCUT2D eigenvalue weighted by Gasteiger charge is 2.56. The summed E-state index contributed by atoms with van der Waals surface area (Å²) >= 11 is 6.56. The van der Waals surface area contributed by atoms with Crippen molar-refractivity contribution < 1.29 is 39.1 Å². The Labute approximate surface area is 251 Å². The molecule has 0 aromatic heterocycles. The fourth-order valence-electron chi connectivity index (χ4n) is 6.58. The van der Waals surface area contributed by atoms with Crippen LogP contribution in [0.25, 0.3) is 0 Å². The first-order valence-electron chi connectivity index (χ1n) is 12.8. The van der Waals surface area contributed by atoms with Gasteiger partial charge in [0.05, 0.1) is 33.6 Å². The van der Waals surface area contributed by atoms with Crippen molar-refractivity contribution in [2.45, 2.75) is 18.8 Å². The summed E-state index contributed by atoms with van der Waals surface area (Å²) in [5.74, 6) is -4.24. The Morgan fingerprint density at radius 1 is 1.02 bits per heavy atom. The third kappa shape index (κ3) is 4.27. The molecule has 2 amide bonds. The van der Waals surface area contributed by atoms with Gasteiger partial charge < -0.3 is 19.9 Å². The number of methoxy groups -OCH3 is 1. The van der Waals surface area contributed by atoms with E-state index in [0.717, 1.165) is 10.5 Å². The van der Waals surface area contributed by atoms with Crippen LogP contribution < -0.4 is 15.1 Å². The van der Waals surface area contributed by atoms with Crippen LogP contribution in [0.1, 0.15) is 24.3 Å². The number of nitrogens with zero attached hydrogens (tertiary/aromatic N) is 1. The molecule has 3 aliphatic carbocycles. The lowest BCUT2D eigenvalue weighted by Crippen LogP contribution is -2.39. The van der Waals surface area contributed by atoms with E-state index in [-0.39, 0.29) is 57.1 Å². The Hall–Kier alpha value is -3.32. The van der Waals surface area contributed by atoms with E-state index in [2.05, 4.69) is 31.9 Å². The van der Waals surface area contributed by atoms with Crippen LogP contribution in [0.15, 0.2) is 74.2 Å². The van der Waals surface area contributed by atoms with Gasteiger partial charge in [0, 0.05) is 23.1 Å². The molecule has 3 N–H and O–H groups in total. The molecule has 0 spiro atoms. The third-order valence-electron chi connectivity index (χ3n) is 8.36. The maximum Gasteiger partial charge on any atom is 0.488 e. The number of anilines is 1. The van der Waals surface area contributed by atoms with Gasteiger partial charge in [0.2, 0.25) is 11.8 Å². The minimum Gasteiger partial charge on any atom is -0.503 e. The second kappa shape index (κ2) is 10.2. The summed E-state index contributed by atoms with van der Waals surface area (Å²) in [6.07, 6.45) is 3.49. The van der Waals surface area contributed by atoms with Crippen molar-refractivity contribution in [3.8, 4) is 11.5 Å². The number of Topliss-reactive ketones (excluding diaryl/α,β-unsaturated/α-hetero) is 1. The fourth-order valence-corrected chi connectivity index (χ4v) is 7.49. The van der Waals surface area contributed by atoms with Crippen molar-refractivity contribution in [2.75, 3.05) is 12.0 Å². The molecular weight excluding hydrogens is 661 g/mol. The van der Waals surface area contributed by atoms with Gasteiger partial charge in [0.15, 0.2) is 23.1 Å². The zero-order valence-electron chi connectivity index (χ0n) is 21.5. The number of ether oxygens (including phenoxy) is 1. The zero-order chi connectivity index (χ0) is 29.3. The molecule has 1 saturated heterocycles. The van der Waals surface area contributed by atoms with Crippen molar-refractivity contribution in [3.63, 3.8) is 0 Å². The van der Waals surface area contributed by atoms with E-state index >= 15 is 0 Å². The number of carbonyl (C=O) groups is 4. The van der Waals surface area contributed by atoms with Crippen molar-refractivity contribution in [2.24, 2.45) is 17.8 Å². The highest BCUT2D eigenvalue weighted by molar-refractivity contribution is 9.12. The molecule has 4 unspecified atom stereocenters. The van der Waals surface area contributed by atoms with Crippen LogP contribution >= 0.6 is 31.9 Å². The molecule has 2 aromatic carbocycles. The topological polar surface area (TPSA) is 141 Å². The second-order valence-electron chi connectivity index (χ2n) is 10.4. The summed E-state index contributed by atoms with van der Waals surface area (Å²) < 4.78 is 5.81. The summed E-state index contributed by atoms with van der Waals surface area (Å²) in [6, 6.07) is 9.23. The first-order valence-corrected chi connectivity index (χ1v) is 14.4. The standard InChI is InChI=1S/C29H22BBr2NO8/c1-41-22-8-12(7-19(31)27(22)36)23-15-5-6-16-24(17(15)10-18-25(23)21(34)11-20(32)26(18)35)29(38)33(28(16)37)14-4-2-3-13(9-14)30(39)40/h2-5,7-9,11,16-17,23-24,36,39-40H,6,10H2,1H3. The number of amides is 2. The highest BCUT2D eigenvalue weighted by atomic mass is 79.9. The van der Waals surface area contributed by atoms with E-state index < -0.39 is 42.6 Å². The van der Waals surface area contributed by atoms with Gasteiger partial charge >= 0.3 is 7.12 Å².